The number of carbonyl (C=O) groups is 2. The molecule has 11 heavy (non-hydrogen) atoms. The lowest BCUT2D eigenvalue weighted by Crippen LogP contribution is -2.19. The Morgan fingerprint density at radius 3 is 2.45 bits per heavy atom. The predicted octanol–water partition coefficient (Wildman–Crippen LogP) is 0.233. The van der Waals surface area contributed by atoms with E-state index in [1.807, 2.05) is 0 Å². The van der Waals surface area contributed by atoms with Crippen molar-refractivity contribution in [3.63, 3.8) is 0 Å². The van der Waals surface area contributed by atoms with Crippen molar-refractivity contribution >= 4 is 11.9 Å². The van der Waals surface area contributed by atoms with Crippen LogP contribution in [0.15, 0.2) is 0 Å². The third-order valence-electron chi connectivity index (χ3n) is 1.50. The lowest BCUT2D eigenvalue weighted by Gasteiger charge is -2.03. The third kappa shape index (κ3) is 4.36. The molecule has 4 heteroatoms. The maximum Gasteiger partial charge on any atom is 0.306 e. The Morgan fingerprint density at radius 2 is 2.09 bits per heavy atom. The van der Waals surface area contributed by atoms with Gasteiger partial charge < -0.3 is 10.4 Å². The van der Waals surface area contributed by atoms with Gasteiger partial charge in [-0.3, -0.25) is 9.59 Å². The summed E-state index contributed by atoms with van der Waals surface area (Å²) in [5, 5.41) is 10.9. The average Bonchev–Trinajstić information content (AvgIpc) is 1.99. The number of aliphatic carboxylic acids is 1. The van der Waals surface area contributed by atoms with Gasteiger partial charge in [-0.25, -0.2) is 0 Å². The number of carboxylic acid groups (broad SMARTS) is 1. The Bertz CT molecular complexity index is 156. The maximum absolute atomic E-state index is 10.6. The smallest absolute Gasteiger partial charge is 0.306 e. The van der Waals surface area contributed by atoms with Gasteiger partial charge in [-0.15, -0.1) is 0 Å². The normalized spacial score (nSPS) is 12.2. The van der Waals surface area contributed by atoms with Crippen LogP contribution in [0.1, 0.15) is 19.8 Å². The number of carboxylic acids is 1. The molecule has 0 spiro atoms. The molecule has 1 atom stereocenters. The zero-order chi connectivity index (χ0) is 8.85. The molecule has 0 rings (SSSR count). The van der Waals surface area contributed by atoms with Crippen molar-refractivity contribution in [1.29, 1.82) is 0 Å². The fourth-order valence-corrected chi connectivity index (χ4v) is 0.596. The summed E-state index contributed by atoms with van der Waals surface area (Å²) in [4.78, 5) is 20.9. The van der Waals surface area contributed by atoms with E-state index >= 15 is 0 Å². The van der Waals surface area contributed by atoms with Crippen molar-refractivity contribution < 1.29 is 14.7 Å². The number of amides is 1. The first kappa shape index (κ1) is 9.94. The van der Waals surface area contributed by atoms with Crippen molar-refractivity contribution in [2.24, 2.45) is 5.92 Å². The van der Waals surface area contributed by atoms with Crippen LogP contribution in [0.25, 0.3) is 0 Å². The first-order chi connectivity index (χ1) is 5.07. The Morgan fingerprint density at radius 1 is 1.55 bits per heavy atom. The van der Waals surface area contributed by atoms with Crippen molar-refractivity contribution in [1.82, 2.24) is 5.32 Å². The van der Waals surface area contributed by atoms with E-state index in [-0.39, 0.29) is 12.3 Å². The molecule has 2 N–H and O–H groups in total. The molecule has 0 bridgehead atoms. The highest BCUT2D eigenvalue weighted by Gasteiger charge is 2.11. The van der Waals surface area contributed by atoms with Gasteiger partial charge in [0, 0.05) is 13.5 Å². The molecule has 0 aliphatic carbocycles. The Hall–Kier alpha value is -1.06. The number of nitrogens with one attached hydrogen (secondary N) is 1. The number of hydrogen-bond donors (Lipinski definition) is 2. The summed E-state index contributed by atoms with van der Waals surface area (Å²) < 4.78 is 0. The molecule has 4 nitrogen and oxygen atoms in total. The summed E-state index contributed by atoms with van der Waals surface area (Å²) >= 11 is 0. The van der Waals surface area contributed by atoms with E-state index in [0.717, 1.165) is 0 Å². The molecule has 0 aliphatic heterocycles. The first-order valence-corrected chi connectivity index (χ1v) is 3.51. The summed E-state index contributed by atoms with van der Waals surface area (Å²) in [5.41, 5.74) is 0. The predicted molar refractivity (Wildman–Crippen MR) is 40.1 cm³/mol. The molecule has 0 aromatic heterocycles. The van der Waals surface area contributed by atoms with Gasteiger partial charge in [0.25, 0.3) is 0 Å². The van der Waals surface area contributed by atoms with E-state index in [1.54, 1.807) is 6.92 Å². The number of rotatable bonds is 4. The van der Waals surface area contributed by atoms with E-state index < -0.39 is 11.9 Å². The molecule has 1 amide bonds. The van der Waals surface area contributed by atoms with E-state index in [2.05, 4.69) is 5.32 Å². The minimum atomic E-state index is -0.853. The summed E-state index contributed by atoms with van der Waals surface area (Å²) in [6.07, 6.45) is 0.680. The van der Waals surface area contributed by atoms with E-state index in [9.17, 15) is 9.59 Å². The van der Waals surface area contributed by atoms with Crippen LogP contribution in [0.4, 0.5) is 0 Å². The Kier molecular flexibility index (Phi) is 4.26. The summed E-state index contributed by atoms with van der Waals surface area (Å²) in [7, 11) is 1.54. The van der Waals surface area contributed by atoms with Crippen LogP contribution in [0.5, 0.6) is 0 Å². The summed E-state index contributed by atoms with van der Waals surface area (Å²) in [5.74, 6) is -1.40. The van der Waals surface area contributed by atoms with Crippen LogP contribution in [0.2, 0.25) is 0 Å². The Labute approximate surface area is 65.6 Å². The summed E-state index contributed by atoms with van der Waals surface area (Å²) in [6.45, 7) is 1.59. The van der Waals surface area contributed by atoms with Crippen molar-refractivity contribution in [2.75, 3.05) is 7.05 Å². The van der Waals surface area contributed by atoms with Gasteiger partial charge in [-0.2, -0.15) is 0 Å². The average molecular weight is 159 g/mol. The number of hydrogen-bond acceptors (Lipinski definition) is 2. The lowest BCUT2D eigenvalue weighted by molar-refractivity contribution is -0.141. The van der Waals surface area contributed by atoms with E-state index in [0.29, 0.717) is 6.42 Å². The third-order valence-corrected chi connectivity index (χ3v) is 1.50. The number of carbonyl (C=O) groups excluding carboxylic acids is 1. The van der Waals surface area contributed by atoms with Crippen LogP contribution in [0, 0.1) is 5.92 Å². The second-order valence-electron chi connectivity index (χ2n) is 2.45. The highest BCUT2D eigenvalue weighted by Crippen LogP contribution is 2.04. The molecule has 1 unspecified atom stereocenters. The van der Waals surface area contributed by atoms with E-state index in [1.165, 1.54) is 7.05 Å². The fourth-order valence-electron chi connectivity index (χ4n) is 0.596. The molecule has 0 aromatic rings. The van der Waals surface area contributed by atoms with Gasteiger partial charge in [-0.1, -0.05) is 6.92 Å². The highest BCUT2D eigenvalue weighted by atomic mass is 16.4. The molecular formula is C7H13NO3. The van der Waals surface area contributed by atoms with Gasteiger partial charge in [0.2, 0.25) is 5.91 Å². The van der Waals surface area contributed by atoms with Gasteiger partial charge in [-0.05, 0) is 6.42 Å². The van der Waals surface area contributed by atoms with Gasteiger partial charge in [0.1, 0.15) is 0 Å². The molecule has 0 saturated heterocycles. The van der Waals surface area contributed by atoms with Crippen LogP contribution in [0.3, 0.4) is 0 Å². The topological polar surface area (TPSA) is 66.4 Å². The van der Waals surface area contributed by atoms with Crippen LogP contribution in [-0.2, 0) is 9.59 Å². The largest absolute Gasteiger partial charge is 0.481 e. The maximum atomic E-state index is 10.6. The van der Waals surface area contributed by atoms with Crippen molar-refractivity contribution in [2.45, 2.75) is 19.8 Å². The molecule has 0 aliphatic rings. The standard InChI is InChI=1S/C7H13NO3/c1-5(7(10)11)3-4-6(9)8-2/h5H,3-4H2,1-2H3,(H,8,9)(H,10,11). The minimum Gasteiger partial charge on any atom is -0.481 e. The van der Waals surface area contributed by atoms with Gasteiger partial charge in [0.05, 0.1) is 5.92 Å². The van der Waals surface area contributed by atoms with Crippen molar-refractivity contribution in [3.8, 4) is 0 Å². The van der Waals surface area contributed by atoms with Gasteiger partial charge in [0.15, 0.2) is 0 Å². The fraction of sp³-hybridized carbons (Fsp3) is 0.714. The second kappa shape index (κ2) is 4.71. The van der Waals surface area contributed by atoms with Crippen LogP contribution in [-0.4, -0.2) is 24.0 Å². The second-order valence-corrected chi connectivity index (χ2v) is 2.45. The lowest BCUT2D eigenvalue weighted by atomic mass is 10.1. The molecule has 0 radical (unpaired) electrons. The van der Waals surface area contributed by atoms with Crippen LogP contribution < -0.4 is 5.32 Å². The zero-order valence-electron chi connectivity index (χ0n) is 6.76. The molecule has 0 aromatic carbocycles. The molecular weight excluding hydrogens is 146 g/mol. The van der Waals surface area contributed by atoms with Crippen LogP contribution >= 0.6 is 0 Å². The minimum absolute atomic E-state index is 0.113. The van der Waals surface area contributed by atoms with Gasteiger partial charge >= 0.3 is 5.97 Å². The zero-order valence-corrected chi connectivity index (χ0v) is 6.76. The molecule has 0 heterocycles. The Balaban J connectivity index is 3.54. The quantitative estimate of drug-likeness (QED) is 0.617. The van der Waals surface area contributed by atoms with E-state index in [4.69, 9.17) is 5.11 Å². The molecule has 0 saturated carbocycles. The summed E-state index contributed by atoms with van der Waals surface area (Å²) in [6, 6.07) is 0. The monoisotopic (exact) mass is 159 g/mol. The molecule has 64 valence electrons. The highest BCUT2D eigenvalue weighted by molar-refractivity contribution is 5.76. The SMILES string of the molecule is CNC(=O)CCC(C)C(=O)O. The first-order valence-electron chi connectivity index (χ1n) is 3.51. The van der Waals surface area contributed by atoms with Crippen molar-refractivity contribution in [3.05, 3.63) is 0 Å². The molecule has 0 fully saturated rings.